The largest absolute Gasteiger partial charge is 0.417 e. The molecule has 0 fully saturated rings. The summed E-state index contributed by atoms with van der Waals surface area (Å²) >= 11 is 7.02. The molecule has 1 aliphatic heterocycles. The van der Waals surface area contributed by atoms with Crippen molar-refractivity contribution in [3.63, 3.8) is 0 Å². The molecule has 0 bridgehead atoms. The summed E-state index contributed by atoms with van der Waals surface area (Å²) in [6.45, 7) is 0. The van der Waals surface area contributed by atoms with Crippen molar-refractivity contribution in [2.24, 2.45) is 4.99 Å². The van der Waals surface area contributed by atoms with E-state index in [0.717, 1.165) is 12.1 Å². The summed E-state index contributed by atoms with van der Waals surface area (Å²) in [6, 6.07) is 8.99. The molecule has 1 aliphatic rings. The zero-order chi connectivity index (χ0) is 22.9. The van der Waals surface area contributed by atoms with Crippen molar-refractivity contribution in [2.75, 3.05) is 16.0 Å². The van der Waals surface area contributed by atoms with Gasteiger partial charge in [-0.1, -0.05) is 23.7 Å². The van der Waals surface area contributed by atoms with Gasteiger partial charge in [0.1, 0.15) is 0 Å². The van der Waals surface area contributed by atoms with Gasteiger partial charge in [0.05, 0.1) is 34.1 Å². The molecule has 6 nitrogen and oxygen atoms in total. The minimum atomic E-state index is -4.64. The number of benzene rings is 2. The molecule has 3 amide bonds. The van der Waals surface area contributed by atoms with Crippen molar-refractivity contribution in [3.8, 4) is 0 Å². The number of nitrogens with one attached hydrogen (secondary N) is 3. The Labute approximate surface area is 189 Å². The van der Waals surface area contributed by atoms with Crippen molar-refractivity contribution in [3.05, 3.63) is 69.4 Å². The van der Waals surface area contributed by atoms with Crippen LogP contribution in [0.5, 0.6) is 0 Å². The Morgan fingerprint density at radius 3 is 2.47 bits per heavy atom. The maximum Gasteiger partial charge on any atom is 0.417 e. The molecule has 32 heavy (non-hydrogen) atoms. The predicted octanol–water partition coefficient (Wildman–Crippen LogP) is 6.53. The number of anilines is 3. The number of urea groups is 1. The highest BCUT2D eigenvalue weighted by Crippen LogP contribution is 2.36. The van der Waals surface area contributed by atoms with E-state index < -0.39 is 22.8 Å². The number of aliphatic imine (C=N–C) groups is 1. The van der Waals surface area contributed by atoms with E-state index in [9.17, 15) is 22.8 Å². The van der Waals surface area contributed by atoms with E-state index in [2.05, 4.69) is 20.9 Å². The first-order valence-electron chi connectivity index (χ1n) is 9.18. The van der Waals surface area contributed by atoms with Gasteiger partial charge in [0, 0.05) is 22.1 Å². The van der Waals surface area contributed by atoms with Crippen LogP contribution in [0.25, 0.3) is 0 Å². The van der Waals surface area contributed by atoms with E-state index in [1.54, 1.807) is 24.3 Å². The summed E-state index contributed by atoms with van der Waals surface area (Å²) in [5.41, 5.74) is 1.95. The molecule has 4 rings (SSSR count). The second-order valence-electron chi connectivity index (χ2n) is 6.80. The molecule has 2 heterocycles. The van der Waals surface area contributed by atoms with Crippen LogP contribution in [0.1, 0.15) is 17.5 Å². The van der Waals surface area contributed by atoms with Crippen molar-refractivity contribution in [1.29, 1.82) is 0 Å². The minimum absolute atomic E-state index is 0.0544. The van der Waals surface area contributed by atoms with E-state index >= 15 is 0 Å². The Bertz CT molecular complexity index is 1220. The average Bonchev–Trinajstić information content (AvgIpc) is 3.08. The molecule has 0 radical (unpaired) electrons. The maximum atomic E-state index is 13.0. The van der Waals surface area contributed by atoms with Crippen LogP contribution >= 0.6 is 22.9 Å². The van der Waals surface area contributed by atoms with Crippen LogP contribution in [0.2, 0.25) is 5.02 Å². The molecule has 164 valence electrons. The molecule has 3 N–H and O–H groups in total. The zero-order valence-electron chi connectivity index (χ0n) is 16.1. The molecule has 0 saturated heterocycles. The Morgan fingerprint density at radius 2 is 1.75 bits per heavy atom. The number of alkyl halides is 3. The van der Waals surface area contributed by atoms with Gasteiger partial charge in [-0.05, 0) is 35.9 Å². The monoisotopic (exact) mass is 478 g/mol. The SMILES string of the molecule is O=C1CC(c2ccc(NC(=O)Nc3ccc(Cl)c(C(F)(F)F)c3)cc2)=Nc2cscc2N1. The van der Waals surface area contributed by atoms with Crippen molar-refractivity contribution in [1.82, 2.24) is 0 Å². The van der Waals surface area contributed by atoms with Gasteiger partial charge < -0.3 is 16.0 Å². The highest BCUT2D eigenvalue weighted by atomic mass is 35.5. The third-order valence-electron chi connectivity index (χ3n) is 4.50. The number of hydrogen-bond acceptors (Lipinski definition) is 4. The Morgan fingerprint density at radius 1 is 1.06 bits per heavy atom. The molecule has 0 atom stereocenters. The summed E-state index contributed by atoms with van der Waals surface area (Å²) in [4.78, 5) is 28.8. The van der Waals surface area contributed by atoms with Crippen LogP contribution in [0.4, 0.5) is 40.7 Å². The Kier molecular flexibility index (Phi) is 5.90. The number of nitrogens with zero attached hydrogens (tertiary/aromatic N) is 1. The summed E-state index contributed by atoms with van der Waals surface area (Å²) < 4.78 is 38.9. The number of hydrogen-bond donors (Lipinski definition) is 3. The molecule has 0 saturated carbocycles. The lowest BCUT2D eigenvalue weighted by molar-refractivity contribution is -0.137. The van der Waals surface area contributed by atoms with Gasteiger partial charge in [0.25, 0.3) is 0 Å². The zero-order valence-corrected chi connectivity index (χ0v) is 17.7. The van der Waals surface area contributed by atoms with Crippen LogP contribution in [-0.2, 0) is 11.0 Å². The maximum absolute atomic E-state index is 13.0. The number of fused-ring (bicyclic) bond motifs is 1. The Hall–Kier alpha value is -3.37. The second-order valence-corrected chi connectivity index (χ2v) is 7.95. The van der Waals surface area contributed by atoms with Gasteiger partial charge in [-0.3, -0.25) is 4.79 Å². The lowest BCUT2D eigenvalue weighted by Crippen LogP contribution is -2.20. The van der Waals surface area contributed by atoms with E-state index in [4.69, 9.17) is 11.6 Å². The first kappa shape index (κ1) is 21.8. The van der Waals surface area contributed by atoms with Gasteiger partial charge in [0.15, 0.2) is 0 Å². The van der Waals surface area contributed by atoms with Crippen LogP contribution in [0.15, 0.2) is 58.2 Å². The number of halogens is 4. The predicted molar refractivity (Wildman–Crippen MR) is 119 cm³/mol. The fraction of sp³-hybridized carbons (Fsp3) is 0.0952. The van der Waals surface area contributed by atoms with Crippen molar-refractivity contribution >= 4 is 63.3 Å². The number of carbonyl (C=O) groups is 2. The van der Waals surface area contributed by atoms with E-state index in [0.29, 0.717) is 28.3 Å². The molecule has 0 unspecified atom stereocenters. The van der Waals surface area contributed by atoms with E-state index in [1.165, 1.54) is 17.4 Å². The molecule has 1 aromatic heterocycles. The highest BCUT2D eigenvalue weighted by molar-refractivity contribution is 7.09. The molecule has 3 aromatic rings. The van der Waals surface area contributed by atoms with Crippen LogP contribution < -0.4 is 16.0 Å². The first-order valence-corrected chi connectivity index (χ1v) is 10.5. The topological polar surface area (TPSA) is 82.6 Å². The highest BCUT2D eigenvalue weighted by Gasteiger charge is 2.33. The third kappa shape index (κ3) is 4.92. The molecule has 2 aromatic carbocycles. The van der Waals surface area contributed by atoms with Crippen LogP contribution in [0, 0.1) is 0 Å². The van der Waals surface area contributed by atoms with Gasteiger partial charge in [-0.25, -0.2) is 9.79 Å². The van der Waals surface area contributed by atoms with Gasteiger partial charge in [0.2, 0.25) is 5.91 Å². The fourth-order valence-electron chi connectivity index (χ4n) is 3.03. The summed E-state index contributed by atoms with van der Waals surface area (Å²) in [7, 11) is 0. The van der Waals surface area contributed by atoms with E-state index in [1.807, 2.05) is 10.8 Å². The molecule has 0 aliphatic carbocycles. The van der Waals surface area contributed by atoms with Crippen molar-refractivity contribution < 1.29 is 22.8 Å². The molecular formula is C21H14ClF3N4O2S. The first-order chi connectivity index (χ1) is 15.2. The molecule has 0 spiro atoms. The number of amides is 3. The quantitative estimate of drug-likeness (QED) is 0.400. The van der Waals surface area contributed by atoms with Crippen LogP contribution in [0.3, 0.4) is 0 Å². The Balaban J connectivity index is 1.45. The minimum Gasteiger partial charge on any atom is -0.323 e. The normalized spacial score (nSPS) is 13.5. The summed E-state index contributed by atoms with van der Waals surface area (Å²) in [5.74, 6) is -0.177. The van der Waals surface area contributed by atoms with Gasteiger partial charge in [-0.15, -0.1) is 11.3 Å². The number of carbonyl (C=O) groups excluding carboxylic acids is 2. The summed E-state index contributed by atoms with van der Waals surface area (Å²) in [5, 5.41) is 10.9. The molecular weight excluding hydrogens is 465 g/mol. The molecule has 11 heteroatoms. The fourth-order valence-corrected chi connectivity index (χ4v) is 3.95. The van der Waals surface area contributed by atoms with E-state index in [-0.39, 0.29) is 18.0 Å². The number of thiophene rings is 1. The van der Waals surface area contributed by atoms with Crippen molar-refractivity contribution in [2.45, 2.75) is 12.6 Å². The lowest BCUT2D eigenvalue weighted by Gasteiger charge is -2.12. The van der Waals surface area contributed by atoms with Gasteiger partial charge in [-0.2, -0.15) is 13.2 Å². The van der Waals surface area contributed by atoms with Gasteiger partial charge >= 0.3 is 12.2 Å². The lowest BCUT2D eigenvalue weighted by atomic mass is 10.1. The van der Waals surface area contributed by atoms with Crippen LogP contribution in [-0.4, -0.2) is 17.6 Å². The summed E-state index contributed by atoms with van der Waals surface area (Å²) in [6.07, 6.45) is -4.53. The third-order valence-corrected chi connectivity index (χ3v) is 5.57. The standard InChI is InChI=1S/C21H14ClF3N4O2S/c22-15-6-5-13(7-14(15)21(23,24)25)27-20(31)26-12-3-1-11(2-4-12)16-8-19(30)29-18-10-32-9-17(18)28-16/h1-7,9-10H,8H2,(H,29,30)(H2,26,27,31). The smallest absolute Gasteiger partial charge is 0.323 e. The second kappa shape index (κ2) is 8.64. The average molecular weight is 479 g/mol. The number of rotatable bonds is 3.